The standard InChI is InChI=1S/C11H13N3O6S/c1-12-11(19)20-2-5-3-21-9-6(13-4-15)8(16)14(9)7(5)10(17)18/h4,6,9H,2-3H2,1H3,(H,12,19)(H,13,15)(H,17,18)/t6?,9-/m0/s1. The first-order valence-corrected chi connectivity index (χ1v) is 7.00. The van der Waals surface area contributed by atoms with Crippen molar-refractivity contribution in [3.8, 4) is 0 Å². The highest BCUT2D eigenvalue weighted by Crippen LogP contribution is 2.40. The number of hydrogen-bond acceptors (Lipinski definition) is 6. The highest BCUT2D eigenvalue weighted by molar-refractivity contribution is 8.00. The van der Waals surface area contributed by atoms with Crippen molar-refractivity contribution >= 4 is 36.1 Å². The highest BCUT2D eigenvalue weighted by Gasteiger charge is 2.53. The number of nitrogens with one attached hydrogen (secondary N) is 2. The molecule has 0 bridgehead atoms. The summed E-state index contributed by atoms with van der Waals surface area (Å²) in [7, 11) is 1.38. The molecule has 2 aliphatic rings. The summed E-state index contributed by atoms with van der Waals surface area (Å²) in [6.45, 7) is -0.212. The molecule has 0 aromatic carbocycles. The molecule has 9 nitrogen and oxygen atoms in total. The fraction of sp³-hybridized carbons (Fsp3) is 0.455. The third kappa shape index (κ3) is 2.66. The Morgan fingerprint density at radius 2 is 2.29 bits per heavy atom. The largest absolute Gasteiger partial charge is 0.477 e. The van der Waals surface area contributed by atoms with Crippen LogP contribution in [-0.4, -0.2) is 65.2 Å². The number of ether oxygens (including phenoxy) is 1. The van der Waals surface area contributed by atoms with E-state index in [1.807, 2.05) is 0 Å². The van der Waals surface area contributed by atoms with Crippen LogP contribution in [0.25, 0.3) is 0 Å². The van der Waals surface area contributed by atoms with E-state index in [1.54, 1.807) is 0 Å². The first kappa shape index (κ1) is 15.2. The summed E-state index contributed by atoms with van der Waals surface area (Å²) in [4.78, 5) is 45.9. The lowest BCUT2D eigenvalue weighted by Gasteiger charge is -2.48. The van der Waals surface area contributed by atoms with Crippen molar-refractivity contribution in [2.75, 3.05) is 19.4 Å². The normalized spacial score (nSPS) is 23.9. The topological polar surface area (TPSA) is 125 Å². The number of carbonyl (C=O) groups is 4. The van der Waals surface area contributed by atoms with Crippen LogP contribution < -0.4 is 10.6 Å². The Morgan fingerprint density at radius 3 is 2.86 bits per heavy atom. The Balaban J connectivity index is 2.19. The first-order chi connectivity index (χ1) is 10.0. The molecule has 2 rings (SSSR count). The van der Waals surface area contributed by atoms with E-state index in [9.17, 15) is 24.3 Å². The summed E-state index contributed by atoms with van der Waals surface area (Å²) in [5.41, 5.74) is 0.154. The summed E-state index contributed by atoms with van der Waals surface area (Å²) in [5.74, 6) is -1.47. The van der Waals surface area contributed by atoms with Crippen LogP contribution in [0.1, 0.15) is 0 Å². The minimum absolute atomic E-state index is 0.184. The zero-order valence-electron chi connectivity index (χ0n) is 11.0. The van der Waals surface area contributed by atoms with Crippen LogP contribution in [-0.2, 0) is 19.1 Å². The molecule has 21 heavy (non-hydrogen) atoms. The first-order valence-electron chi connectivity index (χ1n) is 5.95. The van der Waals surface area contributed by atoms with Crippen molar-refractivity contribution in [3.05, 3.63) is 11.3 Å². The van der Waals surface area contributed by atoms with Crippen LogP contribution >= 0.6 is 11.8 Å². The lowest BCUT2D eigenvalue weighted by molar-refractivity contribution is -0.149. The predicted octanol–water partition coefficient (Wildman–Crippen LogP) is -1.29. The molecule has 114 valence electrons. The number of hydrogen-bond donors (Lipinski definition) is 3. The molecule has 3 N–H and O–H groups in total. The summed E-state index contributed by atoms with van der Waals surface area (Å²) < 4.78 is 4.83. The maximum atomic E-state index is 11.9. The van der Waals surface area contributed by atoms with Crippen LogP contribution in [0.5, 0.6) is 0 Å². The van der Waals surface area contributed by atoms with E-state index in [4.69, 9.17) is 4.74 Å². The van der Waals surface area contributed by atoms with Gasteiger partial charge in [0.15, 0.2) is 0 Å². The molecule has 2 aliphatic heterocycles. The van der Waals surface area contributed by atoms with Crippen LogP contribution in [0.2, 0.25) is 0 Å². The smallest absolute Gasteiger partial charge is 0.407 e. The van der Waals surface area contributed by atoms with Crippen LogP contribution in [0.15, 0.2) is 11.3 Å². The van der Waals surface area contributed by atoms with E-state index in [-0.39, 0.29) is 12.3 Å². The molecule has 1 fully saturated rings. The zero-order chi connectivity index (χ0) is 15.6. The minimum atomic E-state index is -1.27. The molecule has 1 saturated heterocycles. The maximum absolute atomic E-state index is 11.9. The number of rotatable bonds is 5. The SMILES string of the molecule is CNC(=O)OCC1=C(C(=O)O)N2C(=O)C(NC=O)[C@@H]2SC1. The van der Waals surface area contributed by atoms with E-state index in [0.717, 1.165) is 4.90 Å². The van der Waals surface area contributed by atoms with Crippen LogP contribution in [0.4, 0.5) is 4.79 Å². The molecule has 3 amide bonds. The fourth-order valence-electron chi connectivity index (χ4n) is 2.11. The monoisotopic (exact) mass is 315 g/mol. The number of aliphatic carboxylic acids is 1. The zero-order valence-corrected chi connectivity index (χ0v) is 11.8. The average molecular weight is 315 g/mol. The number of nitrogens with zero attached hydrogens (tertiary/aromatic N) is 1. The molecule has 2 heterocycles. The summed E-state index contributed by atoms with van der Waals surface area (Å²) in [6, 6.07) is -0.719. The lowest BCUT2D eigenvalue weighted by atomic mass is 10.0. The maximum Gasteiger partial charge on any atom is 0.407 e. The van der Waals surface area contributed by atoms with Crippen molar-refractivity contribution < 1.29 is 29.0 Å². The van der Waals surface area contributed by atoms with Gasteiger partial charge in [0.25, 0.3) is 5.91 Å². The van der Waals surface area contributed by atoms with Gasteiger partial charge in [-0.1, -0.05) is 0 Å². The van der Waals surface area contributed by atoms with Crippen molar-refractivity contribution in [1.82, 2.24) is 15.5 Å². The highest BCUT2D eigenvalue weighted by atomic mass is 32.2. The Kier molecular flexibility index (Phi) is 4.36. The summed E-state index contributed by atoms with van der Waals surface area (Å²) in [5, 5.41) is 13.4. The molecule has 2 atom stereocenters. The van der Waals surface area contributed by atoms with Crippen molar-refractivity contribution in [2.45, 2.75) is 11.4 Å². The Bertz CT molecular complexity index is 534. The molecule has 1 unspecified atom stereocenters. The summed E-state index contributed by atoms with van der Waals surface area (Å²) >= 11 is 1.30. The van der Waals surface area contributed by atoms with Crippen LogP contribution in [0, 0.1) is 0 Å². The van der Waals surface area contributed by atoms with Gasteiger partial charge in [0, 0.05) is 18.4 Å². The minimum Gasteiger partial charge on any atom is -0.477 e. The fourth-order valence-corrected chi connectivity index (χ4v) is 3.45. The van der Waals surface area contributed by atoms with E-state index < -0.39 is 29.4 Å². The van der Waals surface area contributed by atoms with Gasteiger partial charge in [0.05, 0.1) is 0 Å². The second-order valence-electron chi connectivity index (χ2n) is 4.26. The molecular weight excluding hydrogens is 302 g/mol. The number of fused-ring (bicyclic) bond motifs is 1. The molecule has 0 aliphatic carbocycles. The Hall–Kier alpha value is -2.23. The third-order valence-corrected chi connectivity index (χ3v) is 4.42. The summed E-state index contributed by atoms with van der Waals surface area (Å²) in [6.07, 6.45) is -0.274. The second kappa shape index (κ2) is 6.04. The van der Waals surface area contributed by atoms with E-state index in [0.29, 0.717) is 17.7 Å². The van der Waals surface area contributed by atoms with E-state index >= 15 is 0 Å². The molecule has 0 aromatic rings. The van der Waals surface area contributed by atoms with Gasteiger partial charge in [-0.25, -0.2) is 9.59 Å². The van der Waals surface area contributed by atoms with Crippen molar-refractivity contribution in [2.24, 2.45) is 0 Å². The quantitative estimate of drug-likeness (QED) is 0.426. The number of amides is 3. The number of carboxylic acid groups (broad SMARTS) is 1. The second-order valence-corrected chi connectivity index (χ2v) is 5.36. The van der Waals surface area contributed by atoms with Gasteiger partial charge >= 0.3 is 12.1 Å². The van der Waals surface area contributed by atoms with E-state index in [1.165, 1.54) is 18.8 Å². The van der Waals surface area contributed by atoms with Gasteiger partial charge in [0.1, 0.15) is 23.7 Å². The van der Waals surface area contributed by atoms with Gasteiger partial charge < -0.3 is 20.5 Å². The predicted molar refractivity (Wildman–Crippen MR) is 71.1 cm³/mol. The molecule has 0 saturated carbocycles. The molecule has 10 heteroatoms. The van der Waals surface area contributed by atoms with Gasteiger partial charge in [0.2, 0.25) is 6.41 Å². The third-order valence-electron chi connectivity index (χ3n) is 3.08. The Labute approximate surface area is 123 Å². The van der Waals surface area contributed by atoms with Gasteiger partial charge in [-0.15, -0.1) is 11.8 Å². The molecule has 0 aromatic heterocycles. The average Bonchev–Trinajstić information content (AvgIpc) is 2.48. The number of carbonyl (C=O) groups excluding carboxylic acids is 3. The Morgan fingerprint density at radius 1 is 1.57 bits per heavy atom. The number of thioether (sulfide) groups is 1. The number of carboxylic acids is 1. The van der Waals surface area contributed by atoms with Crippen molar-refractivity contribution in [1.29, 1.82) is 0 Å². The van der Waals surface area contributed by atoms with Gasteiger partial charge in [-0.05, 0) is 0 Å². The number of alkyl carbamates (subject to hydrolysis) is 1. The van der Waals surface area contributed by atoms with Crippen molar-refractivity contribution in [3.63, 3.8) is 0 Å². The van der Waals surface area contributed by atoms with E-state index in [2.05, 4.69) is 10.6 Å². The molecule has 0 spiro atoms. The van der Waals surface area contributed by atoms with Crippen LogP contribution in [0.3, 0.4) is 0 Å². The molecule has 0 radical (unpaired) electrons. The lowest BCUT2D eigenvalue weighted by Crippen LogP contribution is -2.69. The van der Waals surface area contributed by atoms with Gasteiger partial charge in [-0.3, -0.25) is 14.5 Å². The molecular formula is C11H13N3O6S. The van der Waals surface area contributed by atoms with Gasteiger partial charge in [-0.2, -0.15) is 0 Å². The number of β-lactam (4-membered cyclic amide) rings is 1.